The number of carboxylic acids is 1. The summed E-state index contributed by atoms with van der Waals surface area (Å²) in [6.07, 6.45) is 13.3. The van der Waals surface area contributed by atoms with Crippen molar-refractivity contribution in [1.82, 2.24) is 19.1 Å². The first-order chi connectivity index (χ1) is 28.6. The Labute approximate surface area is 382 Å². The van der Waals surface area contributed by atoms with Crippen LogP contribution in [0.3, 0.4) is 0 Å². The van der Waals surface area contributed by atoms with Gasteiger partial charge in [-0.05, 0) is 168 Å². The van der Waals surface area contributed by atoms with Crippen LogP contribution in [-0.2, 0) is 25.9 Å². The minimum absolute atomic E-state index is 0.0857. The van der Waals surface area contributed by atoms with Crippen LogP contribution in [0.1, 0.15) is 95.9 Å². The molecule has 4 N–H and O–H groups in total. The second kappa shape index (κ2) is 22.1. The van der Waals surface area contributed by atoms with Gasteiger partial charge in [0.25, 0.3) is 5.91 Å². The smallest absolute Gasteiger partial charge is 0.352 e. The van der Waals surface area contributed by atoms with E-state index in [2.05, 4.69) is 78.8 Å². The van der Waals surface area contributed by atoms with Gasteiger partial charge in [-0.1, -0.05) is 13.8 Å². The number of hydrogen-bond donors (Lipinski definition) is 3. The third kappa shape index (κ3) is 13.0. The van der Waals surface area contributed by atoms with E-state index in [1.54, 1.807) is 33.3 Å². The van der Waals surface area contributed by atoms with Crippen molar-refractivity contribution in [2.45, 2.75) is 78.3 Å². The highest BCUT2D eigenvalue weighted by Gasteiger charge is 2.19. The summed E-state index contributed by atoms with van der Waals surface area (Å²) in [6, 6.07) is 19.3. The van der Waals surface area contributed by atoms with Gasteiger partial charge in [0.15, 0.2) is 10.3 Å². The Balaban J connectivity index is 0.000000171. The van der Waals surface area contributed by atoms with Gasteiger partial charge in [-0.25, -0.2) is 14.8 Å². The summed E-state index contributed by atoms with van der Waals surface area (Å²) in [5.41, 5.74) is 12.2. The summed E-state index contributed by atoms with van der Waals surface area (Å²) >= 11 is 7.86. The van der Waals surface area contributed by atoms with Crippen LogP contribution in [-0.4, -0.2) is 62.3 Å². The lowest BCUT2D eigenvalue weighted by molar-refractivity contribution is 0.0685. The number of benzene rings is 2. The van der Waals surface area contributed by atoms with Gasteiger partial charge in [0.1, 0.15) is 11.4 Å². The third-order valence-electron chi connectivity index (χ3n) is 10.1. The summed E-state index contributed by atoms with van der Waals surface area (Å²) in [4.78, 5) is 38.5. The number of rotatable bonds is 11. The minimum Gasteiger partial charge on any atom is -0.477 e. The highest BCUT2D eigenvalue weighted by atomic mass is 127. The number of nitrogens with two attached hydrogens (primary N) is 1. The molecule has 11 nitrogen and oxygen atoms in total. The van der Waals surface area contributed by atoms with Gasteiger partial charge in [0.05, 0.1) is 24.5 Å². The maximum Gasteiger partial charge on any atom is 0.352 e. The molecule has 312 valence electrons. The van der Waals surface area contributed by atoms with Crippen molar-refractivity contribution in [3.8, 4) is 0 Å². The normalized spacial score (nSPS) is 13.9. The third-order valence-corrected chi connectivity index (χ3v) is 13.5. The van der Waals surface area contributed by atoms with E-state index < -0.39 is 5.97 Å². The van der Waals surface area contributed by atoms with Crippen molar-refractivity contribution in [2.75, 3.05) is 47.0 Å². The molecule has 8 rings (SSSR count). The summed E-state index contributed by atoms with van der Waals surface area (Å²) in [7, 11) is 0. The van der Waals surface area contributed by atoms with E-state index in [0.29, 0.717) is 24.5 Å². The van der Waals surface area contributed by atoms with Crippen molar-refractivity contribution in [3.63, 3.8) is 0 Å². The molecule has 6 heterocycles. The fourth-order valence-corrected chi connectivity index (χ4v) is 9.36. The van der Waals surface area contributed by atoms with Crippen molar-refractivity contribution in [3.05, 3.63) is 125 Å². The number of thiazole rings is 2. The van der Waals surface area contributed by atoms with E-state index in [1.807, 2.05) is 77.7 Å². The molecule has 59 heavy (non-hydrogen) atoms. The molecule has 2 aliphatic rings. The van der Waals surface area contributed by atoms with Crippen LogP contribution in [0, 0.1) is 7.14 Å². The van der Waals surface area contributed by atoms with E-state index in [0.717, 1.165) is 86.7 Å². The number of aryl methyl sites for hydroxylation is 2. The lowest BCUT2D eigenvalue weighted by atomic mass is 10.1. The minimum atomic E-state index is -0.883. The molecule has 2 aromatic carbocycles. The Morgan fingerprint density at radius 2 is 1.14 bits per heavy atom. The van der Waals surface area contributed by atoms with E-state index in [-0.39, 0.29) is 5.91 Å². The summed E-state index contributed by atoms with van der Waals surface area (Å²) in [5, 5.41) is 18.7. The number of carboxylic acid groups (broad SMARTS) is 1. The Bertz CT molecular complexity index is 2230. The molecule has 15 heteroatoms. The van der Waals surface area contributed by atoms with Crippen LogP contribution in [0.5, 0.6) is 0 Å². The van der Waals surface area contributed by atoms with Crippen molar-refractivity contribution in [1.29, 1.82) is 0 Å². The number of aromatic carboxylic acids is 1. The molecule has 6 aromatic rings. The van der Waals surface area contributed by atoms with Crippen LogP contribution in [0.25, 0.3) is 0 Å². The number of hydrogen-bond acceptors (Lipinski definition) is 9. The molecular formula is C44H52I2N8O3S2. The average molecular weight is 1060 g/mol. The molecule has 2 fully saturated rings. The zero-order chi connectivity index (χ0) is 41.7. The van der Waals surface area contributed by atoms with Crippen LogP contribution in [0.2, 0.25) is 0 Å². The number of nitrogens with zero attached hydrogens (tertiary/aromatic N) is 6. The van der Waals surface area contributed by atoms with Crippen molar-refractivity contribution in [2.24, 2.45) is 0 Å². The van der Waals surface area contributed by atoms with E-state index in [4.69, 9.17) is 15.7 Å². The number of nitrogen functional groups attached to an aromatic ring is 1. The van der Waals surface area contributed by atoms with Crippen LogP contribution < -0.4 is 20.9 Å². The highest BCUT2D eigenvalue weighted by molar-refractivity contribution is 14.1. The van der Waals surface area contributed by atoms with Gasteiger partial charge >= 0.3 is 5.97 Å². The molecular weight excluding hydrogens is 1010 g/mol. The van der Waals surface area contributed by atoms with Gasteiger partial charge < -0.3 is 35.1 Å². The first kappa shape index (κ1) is 44.6. The SMILES string of the molecule is CCc1cc(C(=O)Nc2ccc(I)cc2)n(Cc2csc(N3CCCCC3)n2)c1.CCc1cc(C(=O)O)n(Cc2csc(N3CCCCC3)n2)c1.Nc1ccc(I)cc1. The summed E-state index contributed by atoms with van der Waals surface area (Å²) in [6.45, 7) is 9.63. The number of carbonyl (C=O) groups excluding carboxylic acids is 1. The molecule has 0 saturated carbocycles. The second-order valence-electron chi connectivity index (χ2n) is 14.6. The molecule has 0 spiro atoms. The number of anilines is 4. The molecule has 0 aliphatic carbocycles. The average Bonchev–Trinajstić information content (AvgIpc) is 4.09. The zero-order valence-corrected chi connectivity index (χ0v) is 39.5. The van der Waals surface area contributed by atoms with Gasteiger partial charge in [0.2, 0.25) is 0 Å². The number of amides is 1. The fraction of sp³-hybridized carbons (Fsp3) is 0.364. The van der Waals surface area contributed by atoms with Gasteiger partial charge in [-0.2, -0.15) is 0 Å². The summed E-state index contributed by atoms with van der Waals surface area (Å²) in [5.74, 6) is -0.969. The fourth-order valence-electron chi connectivity index (χ4n) is 6.90. The Kier molecular flexibility index (Phi) is 16.7. The number of piperidine rings is 2. The van der Waals surface area contributed by atoms with Crippen LogP contribution in [0.4, 0.5) is 21.6 Å². The van der Waals surface area contributed by atoms with E-state index in [9.17, 15) is 14.7 Å². The van der Waals surface area contributed by atoms with E-state index >= 15 is 0 Å². The van der Waals surface area contributed by atoms with Crippen LogP contribution in [0.15, 0.2) is 83.8 Å². The largest absolute Gasteiger partial charge is 0.477 e. The first-order valence-electron chi connectivity index (χ1n) is 20.2. The first-order valence-corrected chi connectivity index (χ1v) is 24.1. The van der Waals surface area contributed by atoms with E-state index in [1.165, 1.54) is 42.1 Å². The molecule has 1 amide bonds. The number of nitrogens with one attached hydrogen (secondary N) is 1. The molecule has 0 bridgehead atoms. The molecule has 2 aliphatic heterocycles. The predicted octanol–water partition coefficient (Wildman–Crippen LogP) is 10.5. The van der Waals surface area contributed by atoms with Crippen molar-refractivity contribution >= 4 is 101 Å². The van der Waals surface area contributed by atoms with Crippen molar-refractivity contribution < 1.29 is 14.7 Å². The number of carbonyl (C=O) groups is 2. The van der Waals surface area contributed by atoms with Gasteiger partial charge in [-0.3, -0.25) is 4.79 Å². The lowest BCUT2D eigenvalue weighted by Gasteiger charge is -2.25. The number of aromatic nitrogens is 4. The van der Waals surface area contributed by atoms with Gasteiger partial charge in [-0.15, -0.1) is 22.7 Å². The summed E-state index contributed by atoms with van der Waals surface area (Å²) < 4.78 is 6.17. The number of halogens is 2. The second-order valence-corrected chi connectivity index (χ2v) is 18.8. The Hall–Kier alpha value is -3.94. The van der Waals surface area contributed by atoms with Crippen LogP contribution >= 0.6 is 67.9 Å². The standard InChI is InChI=1S/C22H25IN4OS.C16H21N3O2S.C6H6IN/c1-2-16-12-20(21(28)24-18-8-6-17(23)7-9-18)27(13-16)14-19-15-29-22(25-19)26-10-4-3-5-11-26;1-2-12-8-14(15(20)21)19(9-12)10-13-11-22-16(17-13)18-6-4-3-5-7-18;7-5-1-3-6(8)4-2-5/h6-9,12-13,15H,2-5,10-11,14H2,1H3,(H,24,28);8-9,11H,2-7,10H2,1H3,(H,20,21);1-4H,8H2. The molecule has 2 saturated heterocycles. The topological polar surface area (TPSA) is 135 Å². The lowest BCUT2D eigenvalue weighted by Crippen LogP contribution is -2.29. The predicted molar refractivity (Wildman–Crippen MR) is 260 cm³/mol. The zero-order valence-electron chi connectivity index (χ0n) is 33.6. The maximum absolute atomic E-state index is 12.9. The maximum atomic E-state index is 12.9. The molecule has 0 unspecified atom stereocenters. The van der Waals surface area contributed by atoms with Gasteiger partial charge in [0, 0.05) is 67.8 Å². The highest BCUT2D eigenvalue weighted by Crippen LogP contribution is 2.27. The quantitative estimate of drug-likeness (QED) is 0.0863. The monoisotopic (exact) mass is 1060 g/mol. The molecule has 0 atom stereocenters. The Morgan fingerprint density at radius 3 is 1.58 bits per heavy atom. The Morgan fingerprint density at radius 1 is 0.695 bits per heavy atom. The molecule has 4 aromatic heterocycles. The molecule has 0 radical (unpaired) electrons.